The number of aliphatic hydroxyl groups excluding tert-OH is 1. The third-order valence-corrected chi connectivity index (χ3v) is 1.13. The Hall–Kier alpha value is -0.540. The standard InChI is InChI=1S/C6H10O3/c7-4-1-2-6-3-5-8-9-6/h3,7H,1-2,4-5H2. The van der Waals surface area contributed by atoms with Gasteiger partial charge in [-0.15, -0.1) is 0 Å². The van der Waals surface area contributed by atoms with Gasteiger partial charge in [0.15, 0.2) is 0 Å². The maximum absolute atomic E-state index is 8.40. The summed E-state index contributed by atoms with van der Waals surface area (Å²) in [6.45, 7) is 0.751. The summed E-state index contributed by atoms with van der Waals surface area (Å²) >= 11 is 0. The largest absolute Gasteiger partial charge is 0.396 e. The molecule has 0 unspecified atom stereocenters. The van der Waals surface area contributed by atoms with Crippen LogP contribution < -0.4 is 0 Å². The van der Waals surface area contributed by atoms with Gasteiger partial charge in [-0.05, 0) is 12.5 Å². The van der Waals surface area contributed by atoms with Crippen LogP contribution >= 0.6 is 0 Å². The van der Waals surface area contributed by atoms with Crippen molar-refractivity contribution in [1.82, 2.24) is 0 Å². The molecule has 9 heavy (non-hydrogen) atoms. The van der Waals surface area contributed by atoms with Gasteiger partial charge in [-0.25, -0.2) is 0 Å². The summed E-state index contributed by atoms with van der Waals surface area (Å²) in [6, 6.07) is 0. The summed E-state index contributed by atoms with van der Waals surface area (Å²) < 4.78 is 0. The fourth-order valence-electron chi connectivity index (χ4n) is 0.668. The molecule has 0 aliphatic carbocycles. The third kappa shape index (κ3) is 2.03. The lowest BCUT2D eigenvalue weighted by Gasteiger charge is -1.96. The second kappa shape index (κ2) is 3.48. The van der Waals surface area contributed by atoms with Crippen LogP contribution in [0.25, 0.3) is 0 Å². The van der Waals surface area contributed by atoms with Crippen molar-refractivity contribution < 1.29 is 14.9 Å². The van der Waals surface area contributed by atoms with Crippen molar-refractivity contribution in [2.24, 2.45) is 0 Å². The van der Waals surface area contributed by atoms with E-state index in [4.69, 9.17) is 9.99 Å². The SMILES string of the molecule is OCCCC1=CCOO1. The zero-order chi connectivity index (χ0) is 6.53. The molecule has 0 saturated heterocycles. The van der Waals surface area contributed by atoms with E-state index >= 15 is 0 Å². The maximum atomic E-state index is 8.40. The Balaban J connectivity index is 2.11. The molecule has 0 fully saturated rings. The Labute approximate surface area is 53.8 Å². The molecule has 52 valence electrons. The van der Waals surface area contributed by atoms with Gasteiger partial charge in [0, 0.05) is 13.0 Å². The van der Waals surface area contributed by atoms with Crippen LogP contribution in [0.5, 0.6) is 0 Å². The van der Waals surface area contributed by atoms with Crippen molar-refractivity contribution in [3.63, 3.8) is 0 Å². The van der Waals surface area contributed by atoms with Gasteiger partial charge in [-0.3, -0.25) is 0 Å². The van der Waals surface area contributed by atoms with Crippen LogP contribution in [-0.2, 0) is 9.78 Å². The van der Waals surface area contributed by atoms with Crippen molar-refractivity contribution in [2.45, 2.75) is 12.8 Å². The highest BCUT2D eigenvalue weighted by Gasteiger charge is 2.04. The van der Waals surface area contributed by atoms with Gasteiger partial charge in [0.25, 0.3) is 0 Å². The lowest BCUT2D eigenvalue weighted by molar-refractivity contribution is -0.235. The molecular formula is C6H10O3. The highest BCUT2D eigenvalue weighted by atomic mass is 17.2. The first kappa shape index (κ1) is 6.58. The lowest BCUT2D eigenvalue weighted by atomic mass is 10.3. The third-order valence-electron chi connectivity index (χ3n) is 1.13. The fraction of sp³-hybridized carbons (Fsp3) is 0.667. The lowest BCUT2D eigenvalue weighted by Crippen LogP contribution is -1.87. The molecule has 0 aromatic rings. The van der Waals surface area contributed by atoms with Crippen molar-refractivity contribution >= 4 is 0 Å². The van der Waals surface area contributed by atoms with Gasteiger partial charge in [0.05, 0.1) is 0 Å². The van der Waals surface area contributed by atoms with E-state index in [-0.39, 0.29) is 6.61 Å². The summed E-state index contributed by atoms with van der Waals surface area (Å²) in [5.74, 6) is 0.837. The molecular weight excluding hydrogens is 120 g/mol. The van der Waals surface area contributed by atoms with Crippen LogP contribution in [0.3, 0.4) is 0 Å². The first-order chi connectivity index (χ1) is 4.43. The minimum absolute atomic E-state index is 0.209. The van der Waals surface area contributed by atoms with Crippen LogP contribution in [0.1, 0.15) is 12.8 Å². The van der Waals surface area contributed by atoms with Gasteiger partial charge in [0.2, 0.25) is 0 Å². The highest BCUT2D eigenvalue weighted by Crippen LogP contribution is 2.11. The Morgan fingerprint density at radius 1 is 1.67 bits per heavy atom. The number of aliphatic hydroxyl groups is 1. The molecule has 0 aromatic carbocycles. The van der Waals surface area contributed by atoms with Crippen molar-refractivity contribution in [3.05, 3.63) is 11.8 Å². The molecule has 1 N–H and O–H groups in total. The Morgan fingerprint density at radius 3 is 3.11 bits per heavy atom. The summed E-state index contributed by atoms with van der Waals surface area (Å²) in [6.07, 6.45) is 3.39. The van der Waals surface area contributed by atoms with E-state index in [1.165, 1.54) is 0 Å². The average molecular weight is 130 g/mol. The molecule has 0 spiro atoms. The summed E-state index contributed by atoms with van der Waals surface area (Å²) in [4.78, 5) is 9.28. The Kier molecular flexibility index (Phi) is 2.54. The molecule has 0 radical (unpaired) electrons. The molecule has 3 heteroatoms. The predicted octanol–water partition coefficient (Wildman–Crippen LogP) is 0.605. The van der Waals surface area contributed by atoms with Crippen LogP contribution in [-0.4, -0.2) is 18.3 Å². The number of hydrogen-bond donors (Lipinski definition) is 1. The van der Waals surface area contributed by atoms with Crippen molar-refractivity contribution in [3.8, 4) is 0 Å². The maximum Gasteiger partial charge on any atom is 0.141 e. The molecule has 1 heterocycles. The van der Waals surface area contributed by atoms with Crippen molar-refractivity contribution in [2.75, 3.05) is 13.2 Å². The summed E-state index contributed by atoms with van der Waals surface area (Å²) in [5, 5.41) is 8.40. The van der Waals surface area contributed by atoms with Crippen molar-refractivity contribution in [1.29, 1.82) is 0 Å². The predicted molar refractivity (Wildman–Crippen MR) is 31.4 cm³/mol. The number of rotatable bonds is 3. The molecule has 1 rings (SSSR count). The smallest absolute Gasteiger partial charge is 0.141 e. The van der Waals surface area contributed by atoms with Gasteiger partial charge < -0.3 is 9.99 Å². The average Bonchev–Trinajstić information content (AvgIpc) is 2.34. The van der Waals surface area contributed by atoms with Crippen LogP contribution in [0.15, 0.2) is 11.8 Å². The van der Waals surface area contributed by atoms with E-state index in [9.17, 15) is 0 Å². The minimum atomic E-state index is 0.209. The molecule has 0 amide bonds. The molecule has 1 aliphatic rings. The highest BCUT2D eigenvalue weighted by molar-refractivity contribution is 4.94. The zero-order valence-corrected chi connectivity index (χ0v) is 5.17. The monoisotopic (exact) mass is 130 g/mol. The molecule has 0 bridgehead atoms. The number of allylic oxidation sites excluding steroid dienone is 1. The second-order valence-corrected chi connectivity index (χ2v) is 1.87. The van der Waals surface area contributed by atoms with Gasteiger partial charge in [0.1, 0.15) is 12.4 Å². The summed E-state index contributed by atoms with van der Waals surface area (Å²) in [7, 11) is 0. The normalized spacial score (nSPS) is 17.2. The minimum Gasteiger partial charge on any atom is -0.396 e. The van der Waals surface area contributed by atoms with Gasteiger partial charge in [-0.2, -0.15) is 4.89 Å². The van der Waals surface area contributed by atoms with Gasteiger partial charge >= 0.3 is 0 Å². The van der Waals surface area contributed by atoms with Crippen LogP contribution in [0, 0.1) is 0 Å². The van der Waals surface area contributed by atoms with E-state index in [0.717, 1.165) is 18.6 Å². The molecule has 1 aliphatic heterocycles. The topological polar surface area (TPSA) is 38.7 Å². The van der Waals surface area contributed by atoms with Crippen LogP contribution in [0.4, 0.5) is 0 Å². The van der Waals surface area contributed by atoms with Crippen LogP contribution in [0.2, 0.25) is 0 Å². The van der Waals surface area contributed by atoms with Gasteiger partial charge in [-0.1, -0.05) is 0 Å². The molecule has 3 nitrogen and oxygen atoms in total. The molecule has 0 aromatic heterocycles. The zero-order valence-electron chi connectivity index (χ0n) is 5.17. The van der Waals surface area contributed by atoms with E-state index in [2.05, 4.69) is 4.89 Å². The Morgan fingerprint density at radius 2 is 2.56 bits per heavy atom. The first-order valence-electron chi connectivity index (χ1n) is 3.03. The van der Waals surface area contributed by atoms with E-state index in [1.54, 1.807) is 0 Å². The first-order valence-corrected chi connectivity index (χ1v) is 3.03. The Bertz CT molecular complexity index is 109. The molecule has 0 atom stereocenters. The molecule has 0 saturated carbocycles. The quantitative estimate of drug-likeness (QED) is 0.569. The fourth-order valence-corrected chi connectivity index (χ4v) is 0.668. The van der Waals surface area contributed by atoms with E-state index in [0.29, 0.717) is 6.61 Å². The summed E-state index contributed by atoms with van der Waals surface area (Å²) in [5.41, 5.74) is 0. The van der Waals surface area contributed by atoms with E-state index in [1.807, 2.05) is 6.08 Å². The van der Waals surface area contributed by atoms with E-state index < -0.39 is 0 Å². The number of hydrogen-bond acceptors (Lipinski definition) is 3. The second-order valence-electron chi connectivity index (χ2n) is 1.87.